The van der Waals surface area contributed by atoms with Crippen LogP contribution in [-0.2, 0) is 12.7 Å². The molecule has 0 unspecified atom stereocenters. The van der Waals surface area contributed by atoms with E-state index in [4.69, 9.17) is 11.6 Å². The molecular weight excluding hydrogens is 489 g/mol. The number of piperidine rings is 1. The molecule has 2 aliphatic heterocycles. The lowest BCUT2D eigenvalue weighted by Crippen LogP contribution is -2.44. The van der Waals surface area contributed by atoms with E-state index in [1.54, 1.807) is 23.1 Å². The Bertz CT molecular complexity index is 1230. The zero-order valence-corrected chi connectivity index (χ0v) is 20.8. The summed E-state index contributed by atoms with van der Waals surface area (Å²) in [6.45, 7) is 6.44. The van der Waals surface area contributed by atoms with Gasteiger partial charge >= 0.3 is 6.18 Å². The number of hydrogen-bond acceptors (Lipinski definition) is 3. The molecule has 1 N–H and O–H groups in total. The average Bonchev–Trinajstić information content (AvgIpc) is 3.25. The third-order valence-corrected chi connectivity index (χ3v) is 7.66. The zero-order valence-electron chi connectivity index (χ0n) is 20.0. The number of nitrogens with zero attached hydrogens (tertiary/aromatic N) is 3. The summed E-state index contributed by atoms with van der Waals surface area (Å²) in [6, 6.07) is 11.4. The number of piperazine rings is 1. The number of hydrogen-bond donors (Lipinski definition) is 1. The minimum absolute atomic E-state index is 0.0780. The first kappa shape index (κ1) is 25.1. The first-order chi connectivity index (χ1) is 17.3. The number of alkyl halides is 3. The summed E-state index contributed by atoms with van der Waals surface area (Å²) < 4.78 is 42.6. The molecule has 5 nitrogen and oxygen atoms in total. The second kappa shape index (κ2) is 10.4. The van der Waals surface area contributed by atoms with E-state index in [0.29, 0.717) is 42.1 Å². The molecule has 1 aromatic heterocycles. The van der Waals surface area contributed by atoms with Crippen LogP contribution in [0.4, 0.5) is 13.2 Å². The summed E-state index contributed by atoms with van der Waals surface area (Å²) in [4.78, 5) is 17.7. The van der Waals surface area contributed by atoms with Gasteiger partial charge in [0.1, 0.15) is 0 Å². The lowest BCUT2D eigenvalue weighted by molar-refractivity contribution is -0.138. The van der Waals surface area contributed by atoms with Gasteiger partial charge in [-0.15, -0.1) is 0 Å². The van der Waals surface area contributed by atoms with Crippen LogP contribution in [0, 0.1) is 0 Å². The number of carbonyl (C=O) groups is 1. The Balaban J connectivity index is 1.32. The van der Waals surface area contributed by atoms with Crippen LogP contribution in [0.15, 0.2) is 48.7 Å². The molecule has 0 bridgehead atoms. The van der Waals surface area contributed by atoms with Crippen molar-refractivity contribution in [3.8, 4) is 0 Å². The number of amides is 1. The predicted molar refractivity (Wildman–Crippen MR) is 136 cm³/mol. The molecule has 3 heterocycles. The summed E-state index contributed by atoms with van der Waals surface area (Å²) >= 11 is 6.29. The predicted octanol–water partition coefficient (Wildman–Crippen LogP) is 5.24. The van der Waals surface area contributed by atoms with E-state index in [1.165, 1.54) is 6.07 Å². The number of rotatable bonds is 5. The Morgan fingerprint density at radius 3 is 2.44 bits per heavy atom. The molecule has 2 fully saturated rings. The highest BCUT2D eigenvalue weighted by molar-refractivity contribution is 6.31. The lowest BCUT2D eigenvalue weighted by atomic mass is 9.86. The largest absolute Gasteiger partial charge is 0.416 e. The summed E-state index contributed by atoms with van der Waals surface area (Å²) in [5.74, 6) is -0.295. The molecule has 36 heavy (non-hydrogen) atoms. The van der Waals surface area contributed by atoms with E-state index < -0.39 is 11.7 Å². The van der Waals surface area contributed by atoms with Crippen LogP contribution in [0.3, 0.4) is 0 Å². The zero-order chi connectivity index (χ0) is 25.3. The van der Waals surface area contributed by atoms with E-state index in [1.807, 2.05) is 18.3 Å². The molecule has 192 valence electrons. The van der Waals surface area contributed by atoms with Gasteiger partial charge in [-0.05, 0) is 42.5 Å². The van der Waals surface area contributed by atoms with Crippen LogP contribution in [0.5, 0.6) is 0 Å². The van der Waals surface area contributed by atoms with Crippen molar-refractivity contribution in [1.29, 1.82) is 0 Å². The van der Waals surface area contributed by atoms with Crippen molar-refractivity contribution in [3.05, 3.63) is 70.4 Å². The number of carbonyl (C=O) groups excluding carboxylic acids is 1. The Hall–Kier alpha value is -2.55. The standard InChI is InChI=1S/C27H30ClF3N4O/c28-20-5-6-22-23(18-35(25(22)17-20)16-15-33-13-9-32-10-14-33)26(36)34-11-7-19(8-12-34)21-3-1-2-4-24(21)27(29,30)31/h1-6,17-19,32H,7-16H2. The fourth-order valence-corrected chi connectivity index (χ4v) is 5.65. The number of halogens is 4. The fraction of sp³-hybridized carbons (Fsp3) is 0.444. The summed E-state index contributed by atoms with van der Waals surface area (Å²) in [5.41, 5.74) is 1.31. The van der Waals surface area contributed by atoms with Crippen LogP contribution in [-0.4, -0.2) is 66.1 Å². The van der Waals surface area contributed by atoms with Gasteiger partial charge in [-0.25, -0.2) is 0 Å². The highest BCUT2D eigenvalue weighted by Crippen LogP contribution is 2.39. The summed E-state index contributed by atoms with van der Waals surface area (Å²) in [6.07, 6.45) is -1.45. The molecule has 0 aliphatic carbocycles. The van der Waals surface area contributed by atoms with Crippen molar-refractivity contribution in [3.63, 3.8) is 0 Å². The van der Waals surface area contributed by atoms with Gasteiger partial charge in [0.25, 0.3) is 5.91 Å². The maximum atomic E-state index is 13.6. The maximum Gasteiger partial charge on any atom is 0.416 e. The van der Waals surface area contributed by atoms with Crippen LogP contribution in [0.2, 0.25) is 5.02 Å². The molecule has 0 atom stereocenters. The molecule has 3 aromatic rings. The lowest BCUT2D eigenvalue weighted by Gasteiger charge is -2.33. The second-order valence-electron chi connectivity index (χ2n) is 9.64. The third kappa shape index (κ3) is 5.26. The van der Waals surface area contributed by atoms with E-state index in [2.05, 4.69) is 14.8 Å². The minimum Gasteiger partial charge on any atom is -0.345 e. The first-order valence-corrected chi connectivity index (χ1v) is 12.9. The number of aromatic nitrogens is 1. The summed E-state index contributed by atoms with van der Waals surface area (Å²) in [7, 11) is 0. The molecule has 9 heteroatoms. The molecule has 0 saturated carbocycles. The molecular formula is C27H30ClF3N4O. The molecule has 0 radical (unpaired) electrons. The van der Waals surface area contributed by atoms with Gasteiger partial charge in [0, 0.05) is 69.0 Å². The second-order valence-corrected chi connectivity index (χ2v) is 10.1. The first-order valence-electron chi connectivity index (χ1n) is 12.5. The van der Waals surface area contributed by atoms with Gasteiger partial charge in [0.15, 0.2) is 0 Å². The number of benzene rings is 2. The topological polar surface area (TPSA) is 40.5 Å². The third-order valence-electron chi connectivity index (χ3n) is 7.43. The Morgan fingerprint density at radius 2 is 1.72 bits per heavy atom. The van der Waals surface area contributed by atoms with Crippen molar-refractivity contribution < 1.29 is 18.0 Å². The summed E-state index contributed by atoms with van der Waals surface area (Å²) in [5, 5.41) is 4.83. The van der Waals surface area contributed by atoms with Crippen molar-refractivity contribution in [2.24, 2.45) is 0 Å². The quantitative estimate of drug-likeness (QED) is 0.502. The highest BCUT2D eigenvalue weighted by Gasteiger charge is 2.36. The van der Waals surface area contributed by atoms with E-state index in [-0.39, 0.29) is 11.8 Å². The van der Waals surface area contributed by atoms with Crippen LogP contribution in [0.25, 0.3) is 10.9 Å². The number of fused-ring (bicyclic) bond motifs is 1. The van der Waals surface area contributed by atoms with Crippen LogP contribution >= 0.6 is 11.6 Å². The average molecular weight is 519 g/mol. The normalized spacial score (nSPS) is 18.2. The SMILES string of the molecule is O=C(c1cn(CCN2CCNCC2)c2cc(Cl)ccc12)N1CCC(c2ccccc2C(F)(F)F)CC1. The molecule has 2 aliphatic rings. The minimum atomic E-state index is -4.38. The monoisotopic (exact) mass is 518 g/mol. The molecule has 2 aromatic carbocycles. The molecule has 0 spiro atoms. The number of likely N-dealkylation sites (tertiary alicyclic amines) is 1. The number of nitrogens with one attached hydrogen (secondary N) is 1. The molecule has 1 amide bonds. The van der Waals surface area contributed by atoms with E-state index in [0.717, 1.165) is 56.2 Å². The molecule has 5 rings (SSSR count). The van der Waals surface area contributed by atoms with Gasteiger partial charge in [0.05, 0.1) is 16.6 Å². The molecule has 2 saturated heterocycles. The van der Waals surface area contributed by atoms with Crippen molar-refractivity contribution in [1.82, 2.24) is 19.7 Å². The highest BCUT2D eigenvalue weighted by atomic mass is 35.5. The fourth-order valence-electron chi connectivity index (χ4n) is 5.48. The van der Waals surface area contributed by atoms with Crippen molar-refractivity contribution >= 4 is 28.4 Å². The smallest absolute Gasteiger partial charge is 0.345 e. The maximum absolute atomic E-state index is 13.6. The van der Waals surface area contributed by atoms with Crippen molar-refractivity contribution in [2.75, 3.05) is 45.8 Å². The Kier molecular flexibility index (Phi) is 7.28. The Morgan fingerprint density at radius 1 is 1.00 bits per heavy atom. The van der Waals surface area contributed by atoms with Gasteiger partial charge in [0.2, 0.25) is 0 Å². The van der Waals surface area contributed by atoms with Gasteiger partial charge in [-0.3, -0.25) is 9.69 Å². The van der Waals surface area contributed by atoms with Gasteiger partial charge < -0.3 is 14.8 Å². The van der Waals surface area contributed by atoms with Gasteiger partial charge in [-0.1, -0.05) is 35.9 Å². The van der Waals surface area contributed by atoms with Crippen LogP contribution in [0.1, 0.15) is 40.2 Å². The van der Waals surface area contributed by atoms with E-state index in [9.17, 15) is 18.0 Å². The Labute approximate surface area is 213 Å². The van der Waals surface area contributed by atoms with E-state index >= 15 is 0 Å². The van der Waals surface area contributed by atoms with Crippen molar-refractivity contribution in [2.45, 2.75) is 31.5 Å². The van der Waals surface area contributed by atoms with Gasteiger partial charge in [-0.2, -0.15) is 13.2 Å². The van der Waals surface area contributed by atoms with Crippen LogP contribution < -0.4 is 5.32 Å².